The molecule has 1 saturated carbocycles. The molecule has 1 unspecified atom stereocenters. The Bertz CT molecular complexity index is 553. The van der Waals surface area contributed by atoms with Crippen LogP contribution in [0.25, 0.3) is 0 Å². The molecular formula is C17H25FN2O3. The van der Waals surface area contributed by atoms with Crippen LogP contribution >= 0.6 is 0 Å². The first kappa shape index (κ1) is 17.5. The molecule has 1 atom stereocenters. The number of aromatic hydroxyl groups is 1. The zero-order valence-electron chi connectivity index (χ0n) is 13.9. The smallest absolute Gasteiger partial charge is 0.407 e. The summed E-state index contributed by atoms with van der Waals surface area (Å²) in [6, 6.07) is 3.96. The quantitative estimate of drug-likeness (QED) is 0.752. The van der Waals surface area contributed by atoms with E-state index in [2.05, 4.69) is 10.6 Å². The number of carbonyl (C=O) groups excluding carboxylic acids is 1. The van der Waals surface area contributed by atoms with Gasteiger partial charge in [0.15, 0.2) is 0 Å². The maximum absolute atomic E-state index is 13.2. The molecule has 0 heterocycles. The van der Waals surface area contributed by atoms with E-state index in [1.54, 1.807) is 0 Å². The molecule has 3 N–H and O–H groups in total. The molecule has 1 aliphatic rings. The zero-order chi connectivity index (χ0) is 17.0. The first-order chi connectivity index (χ1) is 10.7. The minimum absolute atomic E-state index is 0.0635. The largest absolute Gasteiger partial charge is 0.508 e. The fraction of sp³-hybridized carbons (Fsp3) is 0.588. The molecule has 5 nitrogen and oxygen atoms in total. The van der Waals surface area contributed by atoms with Crippen molar-refractivity contribution >= 4 is 6.09 Å². The van der Waals surface area contributed by atoms with Crippen molar-refractivity contribution in [3.8, 4) is 5.75 Å². The molecule has 0 bridgehead atoms. The molecule has 0 spiro atoms. The number of hydrogen-bond donors (Lipinski definition) is 3. The van der Waals surface area contributed by atoms with Gasteiger partial charge in [-0.3, -0.25) is 0 Å². The Hall–Kier alpha value is -1.82. The van der Waals surface area contributed by atoms with Gasteiger partial charge in [-0.1, -0.05) is 0 Å². The molecule has 0 radical (unpaired) electrons. The molecule has 1 amide bonds. The number of nitrogens with one attached hydrogen (secondary N) is 2. The minimum atomic E-state index is -0.528. The van der Waals surface area contributed by atoms with Crippen LogP contribution in [0.2, 0.25) is 0 Å². The van der Waals surface area contributed by atoms with Crippen molar-refractivity contribution in [1.29, 1.82) is 0 Å². The molecule has 6 heteroatoms. The summed E-state index contributed by atoms with van der Waals surface area (Å²) in [6.45, 7) is 6.23. The van der Waals surface area contributed by atoms with Crippen LogP contribution in [-0.2, 0) is 11.3 Å². The second-order valence-corrected chi connectivity index (χ2v) is 6.98. The van der Waals surface area contributed by atoms with Crippen LogP contribution in [0.5, 0.6) is 5.75 Å². The van der Waals surface area contributed by atoms with Crippen molar-refractivity contribution in [1.82, 2.24) is 10.6 Å². The summed E-state index contributed by atoms with van der Waals surface area (Å²) >= 11 is 0. The van der Waals surface area contributed by atoms with Gasteiger partial charge in [-0.05, 0) is 57.7 Å². The van der Waals surface area contributed by atoms with E-state index in [0.29, 0.717) is 24.6 Å². The van der Waals surface area contributed by atoms with Crippen molar-refractivity contribution < 1.29 is 19.0 Å². The third-order valence-corrected chi connectivity index (χ3v) is 3.65. The Morgan fingerprint density at radius 1 is 1.43 bits per heavy atom. The third-order valence-electron chi connectivity index (χ3n) is 3.65. The molecule has 1 aromatic rings. The van der Waals surface area contributed by atoms with Gasteiger partial charge in [0.1, 0.15) is 17.2 Å². The molecule has 1 aromatic carbocycles. The van der Waals surface area contributed by atoms with Crippen LogP contribution in [-0.4, -0.2) is 29.4 Å². The molecule has 2 rings (SSSR count). The molecule has 1 fully saturated rings. The van der Waals surface area contributed by atoms with Gasteiger partial charge in [0.05, 0.1) is 0 Å². The van der Waals surface area contributed by atoms with E-state index in [1.807, 2.05) is 20.8 Å². The Balaban J connectivity index is 1.85. The summed E-state index contributed by atoms with van der Waals surface area (Å²) in [5, 5.41) is 15.8. The standard InChI is InChI=1S/C17H25FN2O3/c1-17(2,3)23-16(22)20-10-14(11-4-5-11)19-9-12-8-13(18)6-7-15(12)21/h6-8,11,14,19,21H,4-5,9-10H2,1-3H3,(H,20,22). The molecule has 1 aliphatic carbocycles. The summed E-state index contributed by atoms with van der Waals surface area (Å²) < 4.78 is 18.5. The first-order valence-corrected chi connectivity index (χ1v) is 7.92. The molecule has 128 valence electrons. The lowest BCUT2D eigenvalue weighted by Gasteiger charge is -2.23. The molecule has 23 heavy (non-hydrogen) atoms. The molecule has 0 aromatic heterocycles. The van der Waals surface area contributed by atoms with Crippen LogP contribution in [0.4, 0.5) is 9.18 Å². The maximum Gasteiger partial charge on any atom is 0.407 e. The summed E-state index contributed by atoms with van der Waals surface area (Å²) in [5.41, 5.74) is -0.0205. The summed E-state index contributed by atoms with van der Waals surface area (Å²) in [7, 11) is 0. The highest BCUT2D eigenvalue weighted by molar-refractivity contribution is 5.67. The lowest BCUT2D eigenvalue weighted by Crippen LogP contribution is -2.43. The Labute approximate surface area is 136 Å². The van der Waals surface area contributed by atoms with Gasteiger partial charge in [0.2, 0.25) is 0 Å². The van der Waals surface area contributed by atoms with E-state index in [1.165, 1.54) is 18.2 Å². The van der Waals surface area contributed by atoms with Crippen LogP contribution < -0.4 is 10.6 Å². The summed E-state index contributed by atoms with van der Waals surface area (Å²) in [4.78, 5) is 11.7. The van der Waals surface area contributed by atoms with Crippen molar-refractivity contribution in [2.75, 3.05) is 6.54 Å². The van der Waals surface area contributed by atoms with Crippen LogP contribution in [0.1, 0.15) is 39.2 Å². The van der Waals surface area contributed by atoms with Gasteiger partial charge in [-0.25, -0.2) is 9.18 Å². The molecular weight excluding hydrogens is 299 g/mol. The number of amides is 1. The van der Waals surface area contributed by atoms with Gasteiger partial charge in [0, 0.05) is 24.7 Å². The molecule has 0 saturated heterocycles. The van der Waals surface area contributed by atoms with Crippen molar-refractivity contribution in [3.05, 3.63) is 29.6 Å². The summed E-state index contributed by atoms with van der Waals surface area (Å²) in [6.07, 6.45) is 1.75. The zero-order valence-corrected chi connectivity index (χ0v) is 13.9. The van der Waals surface area contributed by atoms with Crippen LogP contribution in [0, 0.1) is 11.7 Å². The van der Waals surface area contributed by atoms with Crippen LogP contribution in [0.15, 0.2) is 18.2 Å². The van der Waals surface area contributed by atoms with Crippen LogP contribution in [0.3, 0.4) is 0 Å². The fourth-order valence-electron chi connectivity index (χ4n) is 2.35. The maximum atomic E-state index is 13.2. The number of phenolic OH excluding ortho intramolecular Hbond substituents is 1. The van der Waals surface area contributed by atoms with Gasteiger partial charge in [-0.2, -0.15) is 0 Å². The number of alkyl carbamates (subject to hydrolysis) is 1. The third kappa shape index (κ3) is 6.06. The number of benzene rings is 1. The highest BCUT2D eigenvalue weighted by Crippen LogP contribution is 2.32. The number of halogens is 1. The predicted molar refractivity (Wildman–Crippen MR) is 85.7 cm³/mol. The monoisotopic (exact) mass is 324 g/mol. The average molecular weight is 324 g/mol. The number of rotatable bonds is 6. The lowest BCUT2D eigenvalue weighted by molar-refractivity contribution is 0.0521. The topological polar surface area (TPSA) is 70.6 Å². The van der Waals surface area contributed by atoms with E-state index in [-0.39, 0.29) is 17.6 Å². The second kappa shape index (κ2) is 7.17. The van der Waals surface area contributed by atoms with Gasteiger partial charge >= 0.3 is 6.09 Å². The van der Waals surface area contributed by atoms with Gasteiger partial charge in [0.25, 0.3) is 0 Å². The van der Waals surface area contributed by atoms with E-state index in [0.717, 1.165) is 12.8 Å². The van der Waals surface area contributed by atoms with Crippen molar-refractivity contribution in [2.24, 2.45) is 5.92 Å². The van der Waals surface area contributed by atoms with Crippen molar-refractivity contribution in [2.45, 2.75) is 51.8 Å². The van der Waals surface area contributed by atoms with E-state index in [9.17, 15) is 14.3 Å². The summed E-state index contributed by atoms with van der Waals surface area (Å²) in [5.74, 6) is 0.170. The second-order valence-electron chi connectivity index (χ2n) is 6.98. The fourth-order valence-corrected chi connectivity index (χ4v) is 2.35. The number of ether oxygens (including phenoxy) is 1. The average Bonchev–Trinajstić information content (AvgIpc) is 3.25. The number of phenols is 1. The Morgan fingerprint density at radius 2 is 2.13 bits per heavy atom. The predicted octanol–water partition coefficient (Wildman–Crippen LogP) is 2.92. The highest BCUT2D eigenvalue weighted by Gasteiger charge is 2.31. The van der Waals surface area contributed by atoms with E-state index >= 15 is 0 Å². The van der Waals surface area contributed by atoms with E-state index in [4.69, 9.17) is 4.74 Å². The van der Waals surface area contributed by atoms with Gasteiger partial charge < -0.3 is 20.5 Å². The minimum Gasteiger partial charge on any atom is -0.508 e. The highest BCUT2D eigenvalue weighted by atomic mass is 19.1. The SMILES string of the molecule is CC(C)(C)OC(=O)NCC(NCc1cc(F)ccc1O)C1CC1. The Morgan fingerprint density at radius 3 is 2.74 bits per heavy atom. The van der Waals surface area contributed by atoms with Crippen molar-refractivity contribution in [3.63, 3.8) is 0 Å². The normalized spacial score (nSPS) is 16.0. The first-order valence-electron chi connectivity index (χ1n) is 7.92. The lowest BCUT2D eigenvalue weighted by atomic mass is 10.1. The van der Waals surface area contributed by atoms with E-state index < -0.39 is 11.7 Å². The number of hydrogen-bond acceptors (Lipinski definition) is 4. The molecule has 0 aliphatic heterocycles. The number of carbonyl (C=O) groups is 1. The Kier molecular flexibility index (Phi) is 5.46. The van der Waals surface area contributed by atoms with Gasteiger partial charge in [-0.15, -0.1) is 0 Å².